The normalized spacial score (nSPS) is 10.9. The second-order valence-electron chi connectivity index (χ2n) is 6.76. The molecule has 0 radical (unpaired) electrons. The lowest BCUT2D eigenvalue weighted by Crippen LogP contribution is -2.16. The Hall–Kier alpha value is -3.69. The number of carbonyl (C=O) groups is 2. The number of nitrogens with one attached hydrogen (secondary N) is 2. The minimum Gasteiger partial charge on any atom is -0.384 e. The molecule has 0 spiro atoms. The molecule has 0 saturated carbocycles. The molecule has 4 N–H and O–H groups in total. The van der Waals surface area contributed by atoms with Crippen LogP contribution in [0.3, 0.4) is 0 Å². The van der Waals surface area contributed by atoms with E-state index < -0.39 is 22.0 Å². The molecule has 0 aliphatic rings. The van der Waals surface area contributed by atoms with Crippen LogP contribution in [-0.4, -0.2) is 32.4 Å². The summed E-state index contributed by atoms with van der Waals surface area (Å²) in [6, 6.07) is 17.1. The van der Waals surface area contributed by atoms with Crippen molar-refractivity contribution >= 4 is 45.1 Å². The van der Waals surface area contributed by atoms with Gasteiger partial charge in [0.1, 0.15) is 5.84 Å². The number of carbonyl (C=O) groups excluding carboxylic acids is 2. The van der Waals surface area contributed by atoms with Gasteiger partial charge in [-0.1, -0.05) is 29.8 Å². The third-order valence-electron chi connectivity index (χ3n) is 4.34. The van der Waals surface area contributed by atoms with Crippen LogP contribution in [0.25, 0.3) is 11.1 Å². The van der Waals surface area contributed by atoms with Crippen molar-refractivity contribution in [2.45, 2.75) is 0 Å². The Morgan fingerprint density at radius 3 is 2.25 bits per heavy atom. The van der Waals surface area contributed by atoms with Crippen molar-refractivity contribution < 1.29 is 22.2 Å². The molecule has 164 valence electrons. The number of nitrogen functional groups attached to an aromatic ring is 1. The summed E-state index contributed by atoms with van der Waals surface area (Å²) in [5.41, 5.74) is 7.17. The quantitative estimate of drug-likeness (QED) is 0.285. The Labute approximate surface area is 189 Å². The van der Waals surface area contributed by atoms with Gasteiger partial charge < -0.3 is 15.2 Å². The summed E-state index contributed by atoms with van der Waals surface area (Å²) in [6.07, 6.45) is 0.763. The van der Waals surface area contributed by atoms with Gasteiger partial charge in [0.25, 0.3) is 5.91 Å². The van der Waals surface area contributed by atoms with E-state index in [1.807, 2.05) is 0 Å². The standard InChI is InChI=1S/C22H18ClN3O5S/c1-32(29,30)31-22(28)18-11-8-14(23)12-19(18)16-4-2-3-5-17(16)21(27)26-15-9-6-13(7-10-15)20(24)25/h2-12H,1H3,(H3,24,25)(H,26,27). The maximum atomic E-state index is 13.0. The highest BCUT2D eigenvalue weighted by molar-refractivity contribution is 7.86. The van der Waals surface area contributed by atoms with E-state index in [4.69, 9.17) is 22.7 Å². The summed E-state index contributed by atoms with van der Waals surface area (Å²) in [4.78, 5) is 25.5. The Morgan fingerprint density at radius 1 is 0.969 bits per heavy atom. The molecule has 3 aromatic rings. The molecule has 0 aliphatic carbocycles. The van der Waals surface area contributed by atoms with Crippen LogP contribution in [0, 0.1) is 5.41 Å². The molecule has 0 atom stereocenters. The second kappa shape index (κ2) is 9.21. The van der Waals surface area contributed by atoms with Gasteiger partial charge in [0.05, 0.1) is 11.8 Å². The zero-order valence-corrected chi connectivity index (χ0v) is 18.3. The molecule has 3 aromatic carbocycles. The van der Waals surface area contributed by atoms with Gasteiger partial charge in [-0.3, -0.25) is 10.2 Å². The molecule has 0 bridgehead atoms. The Balaban J connectivity index is 2.01. The van der Waals surface area contributed by atoms with Crippen molar-refractivity contribution in [2.24, 2.45) is 5.73 Å². The van der Waals surface area contributed by atoms with E-state index in [-0.39, 0.29) is 27.5 Å². The average Bonchev–Trinajstić information content (AvgIpc) is 2.72. The third kappa shape index (κ3) is 5.51. The van der Waals surface area contributed by atoms with Crippen molar-refractivity contribution in [2.75, 3.05) is 11.6 Å². The van der Waals surface area contributed by atoms with Gasteiger partial charge in [-0.25, -0.2) is 4.79 Å². The lowest BCUT2D eigenvalue weighted by atomic mass is 9.95. The Morgan fingerprint density at radius 2 is 1.62 bits per heavy atom. The largest absolute Gasteiger partial charge is 0.384 e. The molecular weight excluding hydrogens is 454 g/mol. The van der Waals surface area contributed by atoms with Crippen LogP contribution in [0.1, 0.15) is 26.3 Å². The first-order valence-corrected chi connectivity index (χ1v) is 11.3. The number of benzene rings is 3. The average molecular weight is 472 g/mol. The highest BCUT2D eigenvalue weighted by atomic mass is 35.5. The molecule has 1 amide bonds. The molecular formula is C22H18ClN3O5S. The minimum atomic E-state index is -4.04. The van der Waals surface area contributed by atoms with Crippen LogP contribution in [0.15, 0.2) is 66.7 Å². The van der Waals surface area contributed by atoms with Crippen LogP contribution < -0.4 is 11.1 Å². The zero-order chi connectivity index (χ0) is 23.5. The summed E-state index contributed by atoms with van der Waals surface area (Å²) in [5, 5.41) is 10.5. The fourth-order valence-electron chi connectivity index (χ4n) is 2.95. The van der Waals surface area contributed by atoms with Gasteiger partial charge >= 0.3 is 16.1 Å². The van der Waals surface area contributed by atoms with Gasteiger partial charge in [0.2, 0.25) is 0 Å². The van der Waals surface area contributed by atoms with Crippen LogP contribution in [0.4, 0.5) is 5.69 Å². The van der Waals surface area contributed by atoms with Crippen LogP contribution >= 0.6 is 11.6 Å². The highest BCUT2D eigenvalue weighted by Gasteiger charge is 2.22. The molecule has 32 heavy (non-hydrogen) atoms. The minimum absolute atomic E-state index is 0.0640. The molecule has 0 aliphatic heterocycles. The Kier molecular flexibility index (Phi) is 6.61. The number of rotatable bonds is 6. The van der Waals surface area contributed by atoms with Crippen molar-refractivity contribution in [3.05, 3.63) is 88.4 Å². The first-order chi connectivity index (χ1) is 15.0. The maximum absolute atomic E-state index is 13.0. The fourth-order valence-corrected chi connectivity index (χ4v) is 3.48. The van der Waals surface area contributed by atoms with Crippen LogP contribution in [-0.2, 0) is 14.3 Å². The topological polar surface area (TPSA) is 139 Å². The van der Waals surface area contributed by atoms with E-state index in [1.54, 1.807) is 48.5 Å². The van der Waals surface area contributed by atoms with Crippen molar-refractivity contribution in [1.82, 2.24) is 0 Å². The van der Waals surface area contributed by atoms with Gasteiger partial charge in [0, 0.05) is 21.8 Å². The number of hydrogen-bond donors (Lipinski definition) is 3. The van der Waals surface area contributed by atoms with Crippen molar-refractivity contribution in [3.63, 3.8) is 0 Å². The fraction of sp³-hybridized carbons (Fsp3) is 0.0455. The highest BCUT2D eigenvalue weighted by Crippen LogP contribution is 2.31. The zero-order valence-electron chi connectivity index (χ0n) is 16.8. The third-order valence-corrected chi connectivity index (χ3v) is 5.03. The molecule has 0 unspecified atom stereocenters. The molecule has 3 rings (SSSR count). The smallest absolute Gasteiger partial charge is 0.354 e. The molecule has 10 heteroatoms. The molecule has 8 nitrogen and oxygen atoms in total. The van der Waals surface area contributed by atoms with Gasteiger partial charge in [-0.05, 0) is 59.7 Å². The van der Waals surface area contributed by atoms with Gasteiger partial charge in [-0.2, -0.15) is 8.42 Å². The van der Waals surface area contributed by atoms with E-state index >= 15 is 0 Å². The first-order valence-electron chi connectivity index (χ1n) is 9.14. The number of amidine groups is 1. The monoisotopic (exact) mass is 471 g/mol. The number of amides is 1. The lowest BCUT2D eigenvalue weighted by Gasteiger charge is -2.14. The van der Waals surface area contributed by atoms with Crippen molar-refractivity contribution in [1.29, 1.82) is 5.41 Å². The molecule has 0 fully saturated rings. The van der Waals surface area contributed by atoms with Crippen LogP contribution in [0.2, 0.25) is 5.02 Å². The predicted octanol–water partition coefficient (Wildman–Crippen LogP) is 3.66. The first kappa shape index (κ1) is 23.0. The number of halogens is 1. The Bertz CT molecular complexity index is 1320. The summed E-state index contributed by atoms with van der Waals surface area (Å²) >= 11 is 6.11. The summed E-state index contributed by atoms with van der Waals surface area (Å²) in [6.45, 7) is 0. The second-order valence-corrected chi connectivity index (χ2v) is 8.77. The maximum Gasteiger partial charge on any atom is 0.354 e. The molecule has 0 aromatic heterocycles. The SMILES string of the molecule is CS(=O)(=O)OC(=O)c1ccc(Cl)cc1-c1ccccc1C(=O)Nc1ccc(C(=N)N)cc1. The summed E-state index contributed by atoms with van der Waals surface area (Å²) in [7, 11) is -4.04. The summed E-state index contributed by atoms with van der Waals surface area (Å²) < 4.78 is 27.4. The van der Waals surface area contributed by atoms with E-state index in [1.165, 1.54) is 18.2 Å². The molecule has 0 saturated heterocycles. The van der Waals surface area contributed by atoms with Crippen molar-refractivity contribution in [3.8, 4) is 11.1 Å². The van der Waals surface area contributed by atoms with E-state index in [0.29, 0.717) is 16.8 Å². The lowest BCUT2D eigenvalue weighted by molar-refractivity contribution is 0.0748. The van der Waals surface area contributed by atoms with Gasteiger partial charge in [0.15, 0.2) is 0 Å². The summed E-state index contributed by atoms with van der Waals surface area (Å²) in [5.74, 6) is -1.66. The van der Waals surface area contributed by atoms with E-state index in [2.05, 4.69) is 9.50 Å². The number of nitrogens with two attached hydrogens (primary N) is 1. The number of hydrogen-bond acceptors (Lipinski definition) is 6. The predicted molar refractivity (Wildman–Crippen MR) is 123 cm³/mol. The van der Waals surface area contributed by atoms with E-state index in [0.717, 1.165) is 6.26 Å². The van der Waals surface area contributed by atoms with Crippen LogP contribution in [0.5, 0.6) is 0 Å². The van der Waals surface area contributed by atoms with Gasteiger partial charge in [-0.15, -0.1) is 0 Å². The number of anilines is 1. The van der Waals surface area contributed by atoms with E-state index in [9.17, 15) is 18.0 Å². The molecule has 0 heterocycles.